The quantitative estimate of drug-likeness (QED) is 0.690. The van der Waals surface area contributed by atoms with Gasteiger partial charge in [-0.05, 0) is 44.0 Å². The molecule has 1 aromatic heterocycles. The fourth-order valence-corrected chi connectivity index (χ4v) is 3.63. The molecule has 1 amide bonds. The lowest BCUT2D eigenvalue weighted by Gasteiger charge is -2.12. The molecule has 1 N–H and O–H groups in total. The standard InChI is InChI=1S/C21H19N3OS/c1-14-17(13-22-20(23-14)15-11-12-15)21(25)24-18-9-5-6-10-19(18)26-16-7-3-2-4-8-16/h2-10,13,15H,11-12H2,1H3,(H,24,25). The molecule has 0 atom stereocenters. The van der Waals surface area contributed by atoms with E-state index in [1.54, 1.807) is 18.0 Å². The molecule has 2 aromatic carbocycles. The van der Waals surface area contributed by atoms with Crippen molar-refractivity contribution in [1.82, 2.24) is 9.97 Å². The number of benzene rings is 2. The Morgan fingerprint density at radius 3 is 2.54 bits per heavy atom. The van der Waals surface area contributed by atoms with E-state index < -0.39 is 0 Å². The second-order valence-corrected chi connectivity index (χ2v) is 7.48. The monoisotopic (exact) mass is 361 g/mol. The number of carbonyl (C=O) groups excluding carboxylic acids is 1. The zero-order valence-electron chi connectivity index (χ0n) is 14.5. The third-order valence-corrected chi connectivity index (χ3v) is 5.38. The smallest absolute Gasteiger partial charge is 0.259 e. The maximum Gasteiger partial charge on any atom is 0.259 e. The van der Waals surface area contributed by atoms with E-state index in [4.69, 9.17) is 0 Å². The lowest BCUT2D eigenvalue weighted by atomic mass is 10.2. The lowest BCUT2D eigenvalue weighted by molar-refractivity contribution is 0.102. The number of amides is 1. The van der Waals surface area contributed by atoms with E-state index >= 15 is 0 Å². The molecule has 1 aliphatic rings. The topological polar surface area (TPSA) is 54.9 Å². The van der Waals surface area contributed by atoms with Gasteiger partial charge in [0.1, 0.15) is 5.82 Å². The van der Waals surface area contributed by atoms with E-state index in [-0.39, 0.29) is 5.91 Å². The Kier molecular flexibility index (Phi) is 4.71. The lowest BCUT2D eigenvalue weighted by Crippen LogP contribution is -2.16. The van der Waals surface area contributed by atoms with Crippen molar-refractivity contribution < 1.29 is 4.79 Å². The number of anilines is 1. The molecule has 1 saturated carbocycles. The highest BCUT2D eigenvalue weighted by molar-refractivity contribution is 7.99. The van der Waals surface area contributed by atoms with Gasteiger partial charge in [-0.2, -0.15) is 0 Å². The first-order chi connectivity index (χ1) is 12.7. The third-order valence-electron chi connectivity index (χ3n) is 4.29. The number of hydrogen-bond acceptors (Lipinski definition) is 4. The maximum atomic E-state index is 12.7. The number of aryl methyl sites for hydroxylation is 1. The summed E-state index contributed by atoms with van der Waals surface area (Å²) in [5.74, 6) is 1.17. The summed E-state index contributed by atoms with van der Waals surface area (Å²) in [5.41, 5.74) is 2.04. The van der Waals surface area contributed by atoms with Crippen molar-refractivity contribution >= 4 is 23.4 Å². The van der Waals surface area contributed by atoms with Crippen LogP contribution in [-0.2, 0) is 0 Å². The van der Waals surface area contributed by atoms with E-state index in [1.165, 1.54) is 0 Å². The van der Waals surface area contributed by atoms with Crippen LogP contribution < -0.4 is 5.32 Å². The molecule has 0 saturated heterocycles. The molecule has 3 aromatic rings. The Balaban J connectivity index is 1.54. The van der Waals surface area contributed by atoms with Gasteiger partial charge in [-0.25, -0.2) is 9.97 Å². The van der Waals surface area contributed by atoms with Gasteiger partial charge in [0.2, 0.25) is 0 Å². The van der Waals surface area contributed by atoms with Gasteiger partial charge in [0.05, 0.1) is 16.9 Å². The van der Waals surface area contributed by atoms with Gasteiger partial charge in [0.25, 0.3) is 5.91 Å². The van der Waals surface area contributed by atoms with Crippen LogP contribution in [0.4, 0.5) is 5.69 Å². The minimum absolute atomic E-state index is 0.175. The minimum Gasteiger partial charge on any atom is -0.321 e. The van der Waals surface area contributed by atoms with Crippen molar-refractivity contribution in [3.63, 3.8) is 0 Å². The van der Waals surface area contributed by atoms with Gasteiger partial charge in [0, 0.05) is 21.9 Å². The fraction of sp³-hybridized carbons (Fsp3) is 0.190. The number of hydrogen-bond donors (Lipinski definition) is 1. The molecule has 4 nitrogen and oxygen atoms in total. The van der Waals surface area contributed by atoms with Crippen molar-refractivity contribution in [2.24, 2.45) is 0 Å². The van der Waals surface area contributed by atoms with Crippen LogP contribution in [-0.4, -0.2) is 15.9 Å². The Labute approximate surface area is 157 Å². The molecule has 130 valence electrons. The summed E-state index contributed by atoms with van der Waals surface area (Å²) in [5, 5.41) is 3.01. The van der Waals surface area contributed by atoms with Crippen molar-refractivity contribution in [3.05, 3.63) is 77.9 Å². The minimum atomic E-state index is -0.175. The molecule has 0 bridgehead atoms. The molecule has 1 fully saturated rings. The van der Waals surface area contributed by atoms with Gasteiger partial charge < -0.3 is 5.32 Å². The summed E-state index contributed by atoms with van der Waals surface area (Å²) in [6.07, 6.45) is 3.95. The number of aromatic nitrogens is 2. The van der Waals surface area contributed by atoms with Crippen molar-refractivity contribution in [1.29, 1.82) is 0 Å². The van der Waals surface area contributed by atoms with Crippen LogP contribution in [0.3, 0.4) is 0 Å². The molecule has 4 rings (SSSR count). The first kappa shape index (κ1) is 16.8. The highest BCUT2D eigenvalue weighted by atomic mass is 32.2. The van der Waals surface area contributed by atoms with Crippen LogP contribution in [0.1, 0.15) is 40.6 Å². The Hall–Kier alpha value is -2.66. The Morgan fingerprint density at radius 1 is 1.08 bits per heavy atom. The number of carbonyl (C=O) groups is 1. The van der Waals surface area contributed by atoms with E-state index in [9.17, 15) is 4.79 Å². The molecule has 0 unspecified atom stereocenters. The van der Waals surface area contributed by atoms with Crippen molar-refractivity contribution in [2.75, 3.05) is 5.32 Å². The van der Waals surface area contributed by atoms with Crippen molar-refractivity contribution in [2.45, 2.75) is 35.5 Å². The number of nitrogens with zero attached hydrogens (tertiary/aromatic N) is 2. The molecule has 1 aliphatic carbocycles. The first-order valence-electron chi connectivity index (χ1n) is 8.67. The molecule has 1 heterocycles. The SMILES string of the molecule is Cc1nc(C2CC2)ncc1C(=O)Nc1ccccc1Sc1ccccc1. The van der Waals surface area contributed by atoms with Crippen molar-refractivity contribution in [3.8, 4) is 0 Å². The van der Waals surface area contributed by atoms with Gasteiger partial charge in [0.15, 0.2) is 0 Å². The zero-order chi connectivity index (χ0) is 17.9. The molecule has 0 aliphatic heterocycles. The highest BCUT2D eigenvalue weighted by Crippen LogP contribution is 2.38. The Morgan fingerprint density at radius 2 is 1.81 bits per heavy atom. The van der Waals surface area contributed by atoms with Crippen LogP contribution >= 0.6 is 11.8 Å². The second kappa shape index (κ2) is 7.30. The van der Waals surface area contributed by atoms with Crippen LogP contribution in [0, 0.1) is 6.92 Å². The molecular formula is C21H19N3OS. The number of para-hydroxylation sites is 1. The summed E-state index contributed by atoms with van der Waals surface area (Å²) in [6, 6.07) is 17.9. The summed E-state index contributed by atoms with van der Waals surface area (Å²) in [6.45, 7) is 1.87. The fourth-order valence-electron chi connectivity index (χ4n) is 2.71. The Bertz CT molecular complexity index is 939. The molecule has 0 spiro atoms. The van der Waals surface area contributed by atoms with Gasteiger partial charge in [-0.15, -0.1) is 0 Å². The predicted octanol–water partition coefficient (Wildman–Crippen LogP) is 5.07. The summed E-state index contributed by atoms with van der Waals surface area (Å²) in [4.78, 5) is 23.8. The molecular weight excluding hydrogens is 342 g/mol. The average molecular weight is 361 g/mol. The summed E-state index contributed by atoms with van der Waals surface area (Å²) in [7, 11) is 0. The summed E-state index contributed by atoms with van der Waals surface area (Å²) < 4.78 is 0. The third kappa shape index (κ3) is 3.78. The molecule has 5 heteroatoms. The zero-order valence-corrected chi connectivity index (χ0v) is 15.3. The average Bonchev–Trinajstić information content (AvgIpc) is 3.49. The number of rotatable bonds is 5. The second-order valence-electron chi connectivity index (χ2n) is 6.37. The van der Waals surface area contributed by atoms with E-state index in [2.05, 4.69) is 27.4 Å². The maximum absolute atomic E-state index is 12.7. The molecule has 0 radical (unpaired) electrons. The summed E-state index contributed by atoms with van der Waals surface area (Å²) >= 11 is 1.62. The largest absolute Gasteiger partial charge is 0.321 e. The predicted molar refractivity (Wildman–Crippen MR) is 104 cm³/mol. The van der Waals surface area contributed by atoms with Crippen LogP contribution in [0.5, 0.6) is 0 Å². The molecule has 26 heavy (non-hydrogen) atoms. The van der Waals surface area contributed by atoms with E-state index in [0.29, 0.717) is 11.5 Å². The van der Waals surface area contributed by atoms with E-state index in [1.807, 2.05) is 49.4 Å². The van der Waals surface area contributed by atoms with Gasteiger partial charge >= 0.3 is 0 Å². The van der Waals surface area contributed by atoms with Gasteiger partial charge in [-0.1, -0.05) is 42.1 Å². The van der Waals surface area contributed by atoms with E-state index in [0.717, 1.165) is 39.8 Å². The van der Waals surface area contributed by atoms with Gasteiger partial charge in [-0.3, -0.25) is 4.79 Å². The first-order valence-corrected chi connectivity index (χ1v) is 9.49. The normalized spacial score (nSPS) is 13.4. The number of nitrogens with one attached hydrogen (secondary N) is 1. The van der Waals surface area contributed by atoms with Crippen LogP contribution in [0.25, 0.3) is 0 Å². The van der Waals surface area contributed by atoms with Crippen LogP contribution in [0.15, 0.2) is 70.6 Å². The van der Waals surface area contributed by atoms with Crippen LogP contribution in [0.2, 0.25) is 0 Å². The highest BCUT2D eigenvalue weighted by Gasteiger charge is 2.27.